The van der Waals surface area contributed by atoms with Gasteiger partial charge in [0.15, 0.2) is 0 Å². The van der Waals surface area contributed by atoms with E-state index in [1.54, 1.807) is 35.2 Å². The van der Waals surface area contributed by atoms with Crippen LogP contribution >= 0.6 is 0 Å². The normalized spacial score (nSPS) is 14.8. The van der Waals surface area contributed by atoms with Gasteiger partial charge < -0.3 is 10.2 Å². The van der Waals surface area contributed by atoms with Crippen LogP contribution < -0.4 is 9.62 Å². The number of aryl methyl sites for hydroxylation is 1. The summed E-state index contributed by atoms with van der Waals surface area (Å²) in [5.74, 6) is -0.638. The molecule has 1 aliphatic carbocycles. The number of carbonyl (C=O) groups excluding carboxylic acids is 2. The summed E-state index contributed by atoms with van der Waals surface area (Å²) < 4.78 is 26.8. The molecule has 7 nitrogen and oxygen atoms in total. The molecule has 2 amide bonds. The molecule has 0 aromatic heterocycles. The van der Waals surface area contributed by atoms with Crippen LogP contribution in [0.25, 0.3) is 0 Å². The number of benzene rings is 3. The molecule has 0 bridgehead atoms. The highest BCUT2D eigenvalue weighted by molar-refractivity contribution is 7.92. The molecule has 8 heteroatoms. The lowest BCUT2D eigenvalue weighted by molar-refractivity contribution is -0.140. The average Bonchev–Trinajstić information content (AvgIpc) is 2.95. The van der Waals surface area contributed by atoms with Gasteiger partial charge in [0.1, 0.15) is 12.6 Å². The Kier molecular flexibility index (Phi) is 9.98. The van der Waals surface area contributed by atoms with Crippen molar-refractivity contribution in [1.29, 1.82) is 0 Å². The quantitative estimate of drug-likeness (QED) is 0.363. The minimum Gasteiger partial charge on any atom is -0.352 e. The van der Waals surface area contributed by atoms with E-state index < -0.39 is 28.5 Å². The van der Waals surface area contributed by atoms with Crippen LogP contribution in [-0.4, -0.2) is 50.0 Å². The molecule has 1 saturated carbocycles. The Balaban J connectivity index is 1.72. The zero-order chi connectivity index (χ0) is 28.5. The molecule has 0 saturated heterocycles. The van der Waals surface area contributed by atoms with E-state index in [4.69, 9.17) is 0 Å². The van der Waals surface area contributed by atoms with Crippen molar-refractivity contribution < 1.29 is 18.0 Å². The van der Waals surface area contributed by atoms with Gasteiger partial charge >= 0.3 is 0 Å². The van der Waals surface area contributed by atoms with Gasteiger partial charge in [0.2, 0.25) is 21.8 Å². The summed E-state index contributed by atoms with van der Waals surface area (Å²) in [6.07, 6.45) is 6.56. The van der Waals surface area contributed by atoms with E-state index in [1.165, 1.54) is 6.42 Å². The van der Waals surface area contributed by atoms with Gasteiger partial charge in [-0.2, -0.15) is 0 Å². The van der Waals surface area contributed by atoms with Gasteiger partial charge in [-0.1, -0.05) is 92.1 Å². The summed E-state index contributed by atoms with van der Waals surface area (Å²) >= 11 is 0. The summed E-state index contributed by atoms with van der Waals surface area (Å²) in [6.45, 7) is 1.75. The third kappa shape index (κ3) is 7.94. The fourth-order valence-corrected chi connectivity index (χ4v) is 6.13. The van der Waals surface area contributed by atoms with Crippen LogP contribution in [0.15, 0.2) is 84.9 Å². The topological polar surface area (TPSA) is 86.8 Å². The molecule has 1 aliphatic rings. The first kappa shape index (κ1) is 29.3. The second kappa shape index (κ2) is 13.6. The van der Waals surface area contributed by atoms with Crippen LogP contribution in [0.3, 0.4) is 0 Å². The number of sulfonamides is 1. The highest BCUT2D eigenvalue weighted by atomic mass is 32.2. The molecule has 4 rings (SSSR count). The second-order valence-electron chi connectivity index (χ2n) is 10.6. The highest BCUT2D eigenvalue weighted by Crippen LogP contribution is 2.22. The fraction of sp³-hybridized carbons (Fsp3) is 0.375. The van der Waals surface area contributed by atoms with Crippen molar-refractivity contribution in [3.8, 4) is 0 Å². The zero-order valence-corrected chi connectivity index (χ0v) is 24.1. The highest BCUT2D eigenvalue weighted by Gasteiger charge is 2.34. The zero-order valence-electron chi connectivity index (χ0n) is 23.3. The number of amides is 2. The molecule has 1 atom stereocenters. The molecule has 3 aromatic rings. The summed E-state index contributed by atoms with van der Waals surface area (Å²) in [5.41, 5.74) is 3.23. The van der Waals surface area contributed by atoms with E-state index in [0.717, 1.165) is 52.9 Å². The maximum absolute atomic E-state index is 14.2. The molecular formula is C32H39N3O4S. The summed E-state index contributed by atoms with van der Waals surface area (Å²) in [7, 11) is -3.77. The maximum Gasteiger partial charge on any atom is 0.244 e. The Bertz CT molecular complexity index is 1370. The van der Waals surface area contributed by atoms with Crippen LogP contribution in [0, 0.1) is 6.92 Å². The predicted molar refractivity (Wildman–Crippen MR) is 159 cm³/mol. The fourth-order valence-electron chi connectivity index (χ4n) is 5.28. The van der Waals surface area contributed by atoms with Crippen LogP contribution in [0.5, 0.6) is 0 Å². The first-order valence-corrected chi connectivity index (χ1v) is 15.8. The minimum atomic E-state index is -3.77. The van der Waals surface area contributed by atoms with Crippen molar-refractivity contribution in [3.63, 3.8) is 0 Å². The number of nitrogens with one attached hydrogen (secondary N) is 1. The van der Waals surface area contributed by atoms with E-state index >= 15 is 0 Å². The van der Waals surface area contributed by atoms with Crippen LogP contribution in [0.1, 0.15) is 48.8 Å². The summed E-state index contributed by atoms with van der Waals surface area (Å²) in [4.78, 5) is 29.7. The van der Waals surface area contributed by atoms with Gasteiger partial charge in [0.05, 0.1) is 11.9 Å². The molecule has 0 heterocycles. The average molecular weight is 562 g/mol. The third-order valence-corrected chi connectivity index (χ3v) is 8.69. The molecule has 40 heavy (non-hydrogen) atoms. The van der Waals surface area contributed by atoms with Crippen LogP contribution in [0.2, 0.25) is 0 Å². The predicted octanol–water partition coefficient (Wildman–Crippen LogP) is 4.85. The monoisotopic (exact) mass is 561 g/mol. The first-order chi connectivity index (χ1) is 19.2. The summed E-state index contributed by atoms with van der Waals surface area (Å²) in [6, 6.07) is 25.3. The lowest BCUT2D eigenvalue weighted by Gasteiger charge is -2.35. The first-order valence-electron chi connectivity index (χ1n) is 13.9. The standard InChI is InChI=1S/C32H39N3O4S/c1-25-14-12-13-17-27(25)23-34(31(36)24-35(40(2,38)39)29-20-10-5-11-21-29)30(22-26-15-6-3-7-16-26)32(37)33-28-18-8-4-9-19-28/h3,5-7,10-17,20-21,28,30H,4,8-9,18-19,22-24H2,1-2H3,(H,33,37)/t30-/m0/s1. The van der Waals surface area contributed by atoms with Gasteiger partial charge in [-0.3, -0.25) is 13.9 Å². The SMILES string of the molecule is Cc1ccccc1CN(C(=O)CN(c1ccccc1)S(C)(=O)=O)[C@@H](Cc1ccccc1)C(=O)NC1CCCCC1. The molecule has 212 valence electrons. The molecule has 0 aliphatic heterocycles. The largest absolute Gasteiger partial charge is 0.352 e. The number of hydrogen-bond acceptors (Lipinski definition) is 4. The van der Waals surface area contributed by atoms with Crippen molar-refractivity contribution in [1.82, 2.24) is 10.2 Å². The van der Waals surface area contributed by atoms with Crippen molar-refractivity contribution in [2.45, 2.75) is 64.1 Å². The van der Waals surface area contributed by atoms with Gasteiger partial charge in [-0.25, -0.2) is 8.42 Å². The molecule has 3 aromatic carbocycles. The maximum atomic E-state index is 14.2. The van der Waals surface area contributed by atoms with E-state index in [9.17, 15) is 18.0 Å². The second-order valence-corrected chi connectivity index (χ2v) is 12.5. The Morgan fingerprint density at radius 1 is 0.875 bits per heavy atom. The van der Waals surface area contributed by atoms with Crippen LogP contribution in [0.4, 0.5) is 5.69 Å². The van der Waals surface area contributed by atoms with Gasteiger partial charge in [0.25, 0.3) is 0 Å². The Morgan fingerprint density at radius 3 is 2.10 bits per heavy atom. The van der Waals surface area contributed by atoms with Crippen molar-refractivity contribution in [2.75, 3.05) is 17.1 Å². The Hall–Kier alpha value is -3.65. The lowest BCUT2D eigenvalue weighted by atomic mass is 9.94. The van der Waals surface area contributed by atoms with E-state index in [-0.39, 0.29) is 18.5 Å². The Labute approximate surface area is 238 Å². The molecule has 0 spiro atoms. The van der Waals surface area contributed by atoms with E-state index in [0.29, 0.717) is 12.1 Å². The smallest absolute Gasteiger partial charge is 0.244 e. The van der Waals surface area contributed by atoms with Gasteiger partial charge in [0, 0.05) is 19.0 Å². The number of rotatable bonds is 11. The molecule has 1 fully saturated rings. The van der Waals surface area contributed by atoms with E-state index in [1.807, 2.05) is 61.5 Å². The van der Waals surface area contributed by atoms with Crippen molar-refractivity contribution in [3.05, 3.63) is 102 Å². The Morgan fingerprint density at radius 2 is 1.48 bits per heavy atom. The van der Waals surface area contributed by atoms with Crippen molar-refractivity contribution in [2.24, 2.45) is 0 Å². The molecular weight excluding hydrogens is 522 g/mol. The minimum absolute atomic E-state index is 0.0757. The molecule has 0 radical (unpaired) electrons. The summed E-state index contributed by atoms with van der Waals surface area (Å²) in [5, 5.41) is 3.23. The number of hydrogen-bond donors (Lipinski definition) is 1. The van der Waals surface area contributed by atoms with Crippen LogP contribution in [-0.2, 0) is 32.6 Å². The molecule has 1 N–H and O–H groups in total. The van der Waals surface area contributed by atoms with E-state index in [2.05, 4.69) is 5.32 Å². The number of carbonyl (C=O) groups is 2. The third-order valence-electron chi connectivity index (χ3n) is 7.55. The number of para-hydroxylation sites is 1. The van der Waals surface area contributed by atoms with Crippen molar-refractivity contribution >= 4 is 27.5 Å². The van der Waals surface area contributed by atoms with Gasteiger partial charge in [-0.05, 0) is 48.6 Å². The number of nitrogens with zero attached hydrogens (tertiary/aromatic N) is 2. The lowest BCUT2D eigenvalue weighted by Crippen LogP contribution is -2.55. The number of anilines is 1. The molecule has 0 unspecified atom stereocenters. The van der Waals surface area contributed by atoms with Gasteiger partial charge in [-0.15, -0.1) is 0 Å².